The van der Waals surface area contributed by atoms with E-state index in [1.165, 1.54) is 64.2 Å². The molecular weight excluding hydrogens is 343 g/mol. The van der Waals surface area contributed by atoms with Crippen LogP contribution in [-0.4, -0.2) is 11.3 Å². The Bertz CT molecular complexity index is 588. The first-order valence-corrected chi connectivity index (χ1v) is 13.5. The lowest BCUT2D eigenvalue weighted by atomic mass is 9.81. The molecule has 8 atom stereocenters. The first kappa shape index (κ1) is 18.7. The van der Waals surface area contributed by atoms with Crippen molar-refractivity contribution < 1.29 is 0 Å². The van der Waals surface area contributed by atoms with Crippen LogP contribution in [0, 0.1) is 35.5 Å². The van der Waals surface area contributed by atoms with E-state index in [-0.39, 0.29) is 7.92 Å². The van der Waals surface area contributed by atoms with Gasteiger partial charge in [0.25, 0.3) is 0 Å². The van der Waals surface area contributed by atoms with E-state index >= 15 is 0 Å². The van der Waals surface area contributed by atoms with E-state index in [0.717, 1.165) is 46.8 Å². The van der Waals surface area contributed by atoms with Gasteiger partial charge in [0, 0.05) is 0 Å². The summed E-state index contributed by atoms with van der Waals surface area (Å²) in [6.45, 7) is 5.07. The van der Waals surface area contributed by atoms with Crippen LogP contribution in [0.5, 0.6) is 0 Å². The van der Waals surface area contributed by atoms with Crippen molar-refractivity contribution in [1.82, 2.24) is 0 Å². The van der Waals surface area contributed by atoms with Crippen molar-refractivity contribution in [3.63, 3.8) is 0 Å². The van der Waals surface area contributed by atoms with Crippen LogP contribution >= 0.6 is 7.92 Å². The van der Waals surface area contributed by atoms with Gasteiger partial charge in [0.05, 0.1) is 0 Å². The molecule has 0 N–H and O–H groups in total. The van der Waals surface area contributed by atoms with Crippen LogP contribution in [-0.2, 0) is 0 Å². The van der Waals surface area contributed by atoms with E-state index in [1.807, 2.05) is 0 Å². The molecule has 0 heterocycles. The summed E-state index contributed by atoms with van der Waals surface area (Å²) in [5.74, 6) is 6.21. The summed E-state index contributed by atoms with van der Waals surface area (Å²) in [5, 5.41) is 1.77. The lowest BCUT2D eigenvalue weighted by Crippen LogP contribution is -2.38. The molecule has 0 bridgehead atoms. The Hall–Kier alpha value is -0.350. The molecule has 8 unspecified atom stereocenters. The molecule has 4 saturated carbocycles. The van der Waals surface area contributed by atoms with E-state index in [0.29, 0.717) is 0 Å². The second-order valence-corrected chi connectivity index (χ2v) is 13.4. The average molecular weight is 383 g/mol. The molecule has 0 saturated heterocycles. The van der Waals surface area contributed by atoms with Gasteiger partial charge in [-0.15, -0.1) is 0 Å². The molecule has 0 amide bonds. The lowest BCUT2D eigenvalue weighted by molar-refractivity contribution is 0.266. The molecule has 0 nitrogen and oxygen atoms in total. The van der Waals surface area contributed by atoms with Gasteiger partial charge < -0.3 is 0 Å². The van der Waals surface area contributed by atoms with Gasteiger partial charge in [-0.2, -0.15) is 0 Å². The van der Waals surface area contributed by atoms with Gasteiger partial charge in [-0.05, 0) is 90.7 Å². The van der Waals surface area contributed by atoms with Crippen molar-refractivity contribution >= 4 is 13.2 Å². The van der Waals surface area contributed by atoms with E-state index in [4.69, 9.17) is 0 Å². The molecule has 0 spiro atoms. The van der Waals surface area contributed by atoms with Crippen molar-refractivity contribution in [2.75, 3.05) is 0 Å². The van der Waals surface area contributed by atoms with Crippen LogP contribution in [0.25, 0.3) is 0 Å². The SMILES string of the molecule is CC1CC2CCCC(P(c3ccccc3)C3CCCC4CC(C)CC43)C2C1. The highest BCUT2D eigenvalue weighted by atomic mass is 31.1. The van der Waals surface area contributed by atoms with Gasteiger partial charge in [0.15, 0.2) is 0 Å². The fourth-order valence-corrected chi connectivity index (χ4v) is 12.3. The summed E-state index contributed by atoms with van der Waals surface area (Å²) < 4.78 is 0. The highest BCUT2D eigenvalue weighted by Gasteiger charge is 2.49. The van der Waals surface area contributed by atoms with Gasteiger partial charge in [0.1, 0.15) is 0 Å². The van der Waals surface area contributed by atoms with Gasteiger partial charge in [0.2, 0.25) is 0 Å². The Morgan fingerprint density at radius 2 is 1.19 bits per heavy atom. The zero-order chi connectivity index (χ0) is 18.4. The zero-order valence-electron chi connectivity index (χ0n) is 17.5. The van der Waals surface area contributed by atoms with Crippen LogP contribution < -0.4 is 5.30 Å². The fourth-order valence-electron chi connectivity index (χ4n) is 8.02. The highest BCUT2D eigenvalue weighted by molar-refractivity contribution is 7.67. The largest absolute Gasteiger partial charge is 0.0684 e. The second-order valence-electron chi connectivity index (χ2n) is 10.7. The van der Waals surface area contributed by atoms with E-state index < -0.39 is 0 Å². The maximum atomic E-state index is 2.54. The molecule has 0 radical (unpaired) electrons. The number of fused-ring (bicyclic) bond motifs is 2. The topological polar surface area (TPSA) is 0 Å². The Morgan fingerprint density at radius 1 is 0.667 bits per heavy atom. The van der Waals surface area contributed by atoms with E-state index in [1.54, 1.807) is 5.30 Å². The maximum absolute atomic E-state index is 2.54. The van der Waals surface area contributed by atoms with Crippen LogP contribution in [0.1, 0.15) is 78.1 Å². The standard InChI is InChI=1S/C26H39P/c1-18-14-20-8-6-12-25(23(20)16-18)27(22-10-4-3-5-11-22)26-13-7-9-21-15-19(2)17-24(21)26/h3-5,10-11,18-21,23-26H,6-9,12-17H2,1-2H3. The van der Waals surface area contributed by atoms with Gasteiger partial charge >= 0.3 is 0 Å². The third-order valence-corrected chi connectivity index (χ3v) is 12.5. The van der Waals surface area contributed by atoms with Crippen molar-refractivity contribution in [3.05, 3.63) is 30.3 Å². The summed E-state index contributed by atoms with van der Waals surface area (Å²) in [7, 11) is 0.00628. The molecule has 4 fully saturated rings. The molecule has 1 aromatic rings. The molecule has 0 aliphatic heterocycles. The van der Waals surface area contributed by atoms with Crippen molar-refractivity contribution in [2.24, 2.45) is 35.5 Å². The third kappa shape index (κ3) is 3.54. The van der Waals surface area contributed by atoms with Crippen molar-refractivity contribution in [2.45, 2.75) is 89.4 Å². The summed E-state index contributed by atoms with van der Waals surface area (Å²) in [4.78, 5) is 0. The number of hydrogen-bond acceptors (Lipinski definition) is 0. The Morgan fingerprint density at radius 3 is 1.70 bits per heavy atom. The third-order valence-electron chi connectivity index (χ3n) is 8.88. The molecule has 4 aliphatic carbocycles. The predicted molar refractivity (Wildman–Crippen MR) is 119 cm³/mol. The first-order valence-electron chi connectivity index (χ1n) is 12.0. The molecule has 5 rings (SSSR count). The predicted octanol–water partition coefficient (Wildman–Crippen LogP) is 7.22. The molecule has 0 aromatic heterocycles. The second kappa shape index (κ2) is 7.82. The summed E-state index contributed by atoms with van der Waals surface area (Å²) in [6, 6.07) is 11.9. The molecule has 1 aromatic carbocycles. The van der Waals surface area contributed by atoms with Crippen LogP contribution in [0.15, 0.2) is 30.3 Å². The summed E-state index contributed by atoms with van der Waals surface area (Å²) in [5.41, 5.74) is 2.07. The average Bonchev–Trinajstić information content (AvgIpc) is 3.24. The smallest absolute Gasteiger partial charge is 0.0135 e. The van der Waals surface area contributed by atoms with Crippen LogP contribution in [0.3, 0.4) is 0 Å². The monoisotopic (exact) mass is 382 g/mol. The zero-order valence-corrected chi connectivity index (χ0v) is 18.4. The molecule has 4 aliphatic rings. The number of benzene rings is 1. The Labute approximate surface area is 168 Å². The number of rotatable bonds is 3. The fraction of sp³-hybridized carbons (Fsp3) is 0.769. The lowest BCUT2D eigenvalue weighted by Gasteiger charge is -2.47. The van der Waals surface area contributed by atoms with Crippen molar-refractivity contribution in [1.29, 1.82) is 0 Å². The molecule has 148 valence electrons. The van der Waals surface area contributed by atoms with Crippen LogP contribution in [0.4, 0.5) is 0 Å². The van der Waals surface area contributed by atoms with Gasteiger partial charge in [-0.1, -0.05) is 77.8 Å². The normalized spacial score (nSPS) is 45.3. The van der Waals surface area contributed by atoms with E-state index in [2.05, 4.69) is 44.2 Å². The maximum Gasteiger partial charge on any atom is -0.0135 e. The quantitative estimate of drug-likeness (QED) is 0.484. The minimum absolute atomic E-state index is 0.00628. The minimum Gasteiger partial charge on any atom is -0.0684 e. The molecule has 27 heavy (non-hydrogen) atoms. The van der Waals surface area contributed by atoms with Crippen LogP contribution in [0.2, 0.25) is 0 Å². The highest BCUT2D eigenvalue weighted by Crippen LogP contribution is 2.64. The summed E-state index contributed by atoms with van der Waals surface area (Å²) in [6.07, 6.45) is 15.3. The first-order chi connectivity index (χ1) is 13.2. The van der Waals surface area contributed by atoms with Gasteiger partial charge in [-0.25, -0.2) is 0 Å². The summed E-state index contributed by atoms with van der Waals surface area (Å²) >= 11 is 0. The molecular formula is C26H39P. The Balaban J connectivity index is 1.50. The van der Waals surface area contributed by atoms with E-state index in [9.17, 15) is 0 Å². The van der Waals surface area contributed by atoms with Gasteiger partial charge in [-0.3, -0.25) is 0 Å². The minimum atomic E-state index is 0.00628. The Kier molecular flexibility index (Phi) is 5.40. The van der Waals surface area contributed by atoms with Crippen molar-refractivity contribution in [3.8, 4) is 0 Å². The number of hydrogen-bond donors (Lipinski definition) is 0. The molecule has 1 heteroatoms.